The molecule has 0 aliphatic carbocycles. The third-order valence-electron chi connectivity index (χ3n) is 4.30. The summed E-state index contributed by atoms with van der Waals surface area (Å²) in [7, 11) is -2.41. The van der Waals surface area contributed by atoms with Gasteiger partial charge in [-0.3, -0.25) is 9.89 Å². The lowest BCUT2D eigenvalue weighted by Crippen LogP contribution is -2.44. The number of carbonyl (C=O) groups excluding carboxylic acids is 1. The van der Waals surface area contributed by atoms with Crippen molar-refractivity contribution >= 4 is 26.8 Å². The van der Waals surface area contributed by atoms with E-state index in [1.807, 2.05) is 13.0 Å². The fourth-order valence-electron chi connectivity index (χ4n) is 2.94. The minimum atomic E-state index is -3.82. The Morgan fingerprint density at radius 1 is 1.40 bits per heavy atom. The SMILES string of the molecule is Cc1cc(S(=O)(=O)N(C)CC(=O)NC2CCOCC2)c2[nH]ncc2c1. The Bertz CT molecular complexity index is 871. The number of aromatic nitrogens is 2. The number of rotatable bonds is 5. The molecule has 2 aromatic rings. The molecule has 0 bridgehead atoms. The van der Waals surface area contributed by atoms with E-state index in [-0.39, 0.29) is 23.4 Å². The summed E-state index contributed by atoms with van der Waals surface area (Å²) >= 11 is 0. The second-order valence-electron chi connectivity index (χ2n) is 6.31. The van der Waals surface area contributed by atoms with Crippen LogP contribution < -0.4 is 5.32 Å². The van der Waals surface area contributed by atoms with E-state index in [1.165, 1.54) is 7.05 Å². The van der Waals surface area contributed by atoms with Gasteiger partial charge in [0.1, 0.15) is 4.90 Å². The number of hydrogen-bond acceptors (Lipinski definition) is 5. The van der Waals surface area contributed by atoms with E-state index in [0.29, 0.717) is 18.7 Å². The molecule has 0 radical (unpaired) electrons. The van der Waals surface area contributed by atoms with Crippen LogP contribution in [-0.4, -0.2) is 61.7 Å². The molecule has 0 atom stereocenters. The van der Waals surface area contributed by atoms with Crippen molar-refractivity contribution in [3.8, 4) is 0 Å². The summed E-state index contributed by atoms with van der Waals surface area (Å²) in [4.78, 5) is 12.3. The van der Waals surface area contributed by atoms with Gasteiger partial charge in [0.15, 0.2) is 0 Å². The summed E-state index contributed by atoms with van der Waals surface area (Å²) in [6.45, 7) is 2.81. The summed E-state index contributed by atoms with van der Waals surface area (Å²) in [5.41, 5.74) is 1.26. The minimum Gasteiger partial charge on any atom is -0.381 e. The van der Waals surface area contributed by atoms with Crippen LogP contribution in [0.4, 0.5) is 0 Å². The predicted molar refractivity (Wildman–Crippen MR) is 92.6 cm³/mol. The fourth-order valence-corrected chi connectivity index (χ4v) is 4.32. The topological polar surface area (TPSA) is 104 Å². The lowest BCUT2D eigenvalue weighted by Gasteiger charge is -2.24. The number of hydrogen-bond donors (Lipinski definition) is 2. The molecule has 1 aliphatic rings. The van der Waals surface area contributed by atoms with Crippen molar-refractivity contribution in [2.45, 2.75) is 30.7 Å². The highest BCUT2D eigenvalue weighted by atomic mass is 32.2. The van der Waals surface area contributed by atoms with Crippen LogP contribution >= 0.6 is 0 Å². The molecule has 25 heavy (non-hydrogen) atoms. The van der Waals surface area contributed by atoms with Crippen LogP contribution in [0.15, 0.2) is 23.2 Å². The Labute approximate surface area is 146 Å². The number of carbonyl (C=O) groups is 1. The first-order chi connectivity index (χ1) is 11.9. The Morgan fingerprint density at radius 2 is 2.12 bits per heavy atom. The van der Waals surface area contributed by atoms with Crippen LogP contribution in [0.1, 0.15) is 18.4 Å². The van der Waals surface area contributed by atoms with E-state index in [0.717, 1.165) is 28.1 Å². The summed E-state index contributed by atoms with van der Waals surface area (Å²) in [5, 5.41) is 10.2. The highest BCUT2D eigenvalue weighted by molar-refractivity contribution is 7.89. The van der Waals surface area contributed by atoms with Crippen LogP contribution in [-0.2, 0) is 19.6 Å². The summed E-state index contributed by atoms with van der Waals surface area (Å²) < 4.78 is 32.1. The van der Waals surface area contributed by atoms with E-state index < -0.39 is 10.0 Å². The van der Waals surface area contributed by atoms with Gasteiger partial charge < -0.3 is 10.1 Å². The fraction of sp³-hybridized carbons (Fsp3) is 0.500. The molecule has 2 heterocycles. The zero-order valence-corrected chi connectivity index (χ0v) is 15.1. The molecule has 3 rings (SSSR count). The van der Waals surface area contributed by atoms with E-state index in [4.69, 9.17) is 4.74 Å². The van der Waals surface area contributed by atoms with Crippen LogP contribution in [0.2, 0.25) is 0 Å². The van der Waals surface area contributed by atoms with E-state index >= 15 is 0 Å². The summed E-state index contributed by atoms with van der Waals surface area (Å²) in [5.74, 6) is -0.313. The second-order valence-corrected chi connectivity index (χ2v) is 8.33. The number of sulfonamides is 1. The maximum absolute atomic E-state index is 12.9. The number of nitrogens with zero attached hydrogens (tertiary/aromatic N) is 2. The van der Waals surface area contributed by atoms with Crippen molar-refractivity contribution in [3.63, 3.8) is 0 Å². The maximum atomic E-state index is 12.9. The number of aryl methyl sites for hydroxylation is 1. The molecule has 1 aliphatic heterocycles. The van der Waals surface area contributed by atoms with Crippen LogP contribution in [0, 0.1) is 6.92 Å². The average molecular weight is 366 g/mol. The Morgan fingerprint density at radius 3 is 2.84 bits per heavy atom. The first kappa shape index (κ1) is 17.8. The molecular formula is C16H22N4O4S. The zero-order valence-electron chi connectivity index (χ0n) is 14.3. The molecule has 1 saturated heterocycles. The molecule has 0 saturated carbocycles. The second kappa shape index (κ2) is 7.11. The van der Waals surface area contributed by atoms with E-state index in [9.17, 15) is 13.2 Å². The summed E-state index contributed by atoms with van der Waals surface area (Å²) in [6.07, 6.45) is 3.07. The van der Waals surface area contributed by atoms with Gasteiger partial charge in [-0.2, -0.15) is 9.40 Å². The van der Waals surface area contributed by atoms with Gasteiger partial charge in [0.2, 0.25) is 15.9 Å². The van der Waals surface area contributed by atoms with Gasteiger partial charge in [0.05, 0.1) is 18.3 Å². The molecule has 8 nitrogen and oxygen atoms in total. The van der Waals surface area contributed by atoms with Crippen LogP contribution in [0.5, 0.6) is 0 Å². The molecule has 136 valence electrons. The van der Waals surface area contributed by atoms with Crippen molar-refractivity contribution < 1.29 is 17.9 Å². The van der Waals surface area contributed by atoms with E-state index in [1.54, 1.807) is 12.3 Å². The standard InChI is InChI=1S/C16H22N4O4S/c1-11-7-12-9-17-19-16(12)14(8-11)25(22,23)20(2)10-15(21)18-13-3-5-24-6-4-13/h7-9,13H,3-6,10H2,1-2H3,(H,17,19)(H,18,21). The number of amides is 1. The zero-order chi connectivity index (χ0) is 18.0. The molecular weight excluding hydrogens is 344 g/mol. The van der Waals surface area contributed by atoms with Gasteiger partial charge >= 0.3 is 0 Å². The van der Waals surface area contributed by atoms with Gasteiger partial charge in [-0.25, -0.2) is 8.42 Å². The Balaban J connectivity index is 1.76. The van der Waals surface area contributed by atoms with Gasteiger partial charge in [0.25, 0.3) is 0 Å². The number of aromatic amines is 1. The largest absolute Gasteiger partial charge is 0.381 e. The number of H-pyrrole nitrogens is 1. The Kier molecular flexibility index (Phi) is 5.07. The molecule has 1 aromatic heterocycles. The number of fused-ring (bicyclic) bond motifs is 1. The monoisotopic (exact) mass is 366 g/mol. The summed E-state index contributed by atoms with van der Waals surface area (Å²) in [6, 6.07) is 3.48. The van der Waals surface area contributed by atoms with Gasteiger partial charge in [0, 0.05) is 31.7 Å². The molecule has 1 amide bonds. The van der Waals surface area contributed by atoms with Crippen molar-refractivity contribution in [1.29, 1.82) is 0 Å². The number of ether oxygens (including phenoxy) is 1. The molecule has 0 unspecified atom stereocenters. The highest BCUT2D eigenvalue weighted by Crippen LogP contribution is 2.25. The number of nitrogens with one attached hydrogen (secondary N) is 2. The molecule has 1 aromatic carbocycles. The van der Waals surface area contributed by atoms with E-state index in [2.05, 4.69) is 15.5 Å². The first-order valence-electron chi connectivity index (χ1n) is 8.15. The lowest BCUT2D eigenvalue weighted by atomic mass is 10.1. The highest BCUT2D eigenvalue weighted by Gasteiger charge is 2.27. The predicted octanol–water partition coefficient (Wildman–Crippen LogP) is 0.787. The van der Waals surface area contributed by atoms with Gasteiger partial charge in [-0.15, -0.1) is 0 Å². The molecule has 2 N–H and O–H groups in total. The average Bonchev–Trinajstić information content (AvgIpc) is 3.02. The lowest BCUT2D eigenvalue weighted by molar-refractivity contribution is -0.122. The van der Waals surface area contributed by atoms with Crippen molar-refractivity contribution in [2.24, 2.45) is 0 Å². The number of benzene rings is 1. The Hall–Kier alpha value is -1.97. The maximum Gasteiger partial charge on any atom is 0.245 e. The molecule has 1 fully saturated rings. The minimum absolute atomic E-state index is 0.0376. The van der Waals surface area contributed by atoms with Crippen molar-refractivity contribution in [3.05, 3.63) is 23.9 Å². The van der Waals surface area contributed by atoms with Crippen LogP contribution in [0.25, 0.3) is 10.9 Å². The van der Waals surface area contributed by atoms with Crippen molar-refractivity contribution in [1.82, 2.24) is 19.8 Å². The number of likely N-dealkylation sites (N-methyl/N-ethyl adjacent to an activating group) is 1. The first-order valence-corrected chi connectivity index (χ1v) is 9.59. The third kappa shape index (κ3) is 3.83. The smallest absolute Gasteiger partial charge is 0.245 e. The molecule has 0 spiro atoms. The van der Waals surface area contributed by atoms with Gasteiger partial charge in [-0.1, -0.05) is 0 Å². The third-order valence-corrected chi connectivity index (χ3v) is 6.13. The van der Waals surface area contributed by atoms with Crippen molar-refractivity contribution in [2.75, 3.05) is 26.8 Å². The molecule has 9 heteroatoms. The normalized spacial score (nSPS) is 16.4. The van der Waals surface area contributed by atoms with Crippen LogP contribution in [0.3, 0.4) is 0 Å². The van der Waals surface area contributed by atoms with Gasteiger partial charge in [-0.05, 0) is 37.5 Å². The quantitative estimate of drug-likeness (QED) is 0.814.